The van der Waals surface area contributed by atoms with Crippen LogP contribution in [-0.4, -0.2) is 27.9 Å². The van der Waals surface area contributed by atoms with Crippen LogP contribution in [0.25, 0.3) is 16.5 Å². The predicted octanol–water partition coefficient (Wildman–Crippen LogP) is 3.53. The summed E-state index contributed by atoms with van der Waals surface area (Å²) >= 11 is 0. The molecule has 0 saturated heterocycles. The molecule has 1 unspecified atom stereocenters. The standard InChI is InChI=1S/C18H17NO4/c1-11(18(21)22)12-3-6-14(7-4-12)19-10-13-5-8-15(23-2)9-16(13)17(19)20/h3-11,20H,1-2H3,(H,21,22). The highest BCUT2D eigenvalue weighted by atomic mass is 16.5. The van der Waals surface area contributed by atoms with Gasteiger partial charge in [-0.25, -0.2) is 0 Å². The minimum atomic E-state index is -0.862. The molecule has 5 nitrogen and oxygen atoms in total. The SMILES string of the molecule is COc1ccc2cn(-c3ccc(C(C)C(=O)O)cc3)c(O)c2c1. The van der Waals surface area contributed by atoms with Gasteiger partial charge in [-0.1, -0.05) is 12.1 Å². The molecule has 1 atom stereocenters. The number of hydrogen-bond acceptors (Lipinski definition) is 3. The van der Waals surface area contributed by atoms with Crippen molar-refractivity contribution in [1.82, 2.24) is 4.57 Å². The van der Waals surface area contributed by atoms with E-state index in [1.165, 1.54) is 0 Å². The molecule has 0 amide bonds. The number of aliphatic carboxylic acids is 1. The van der Waals surface area contributed by atoms with Crippen LogP contribution >= 0.6 is 0 Å². The van der Waals surface area contributed by atoms with E-state index < -0.39 is 11.9 Å². The molecule has 2 aromatic carbocycles. The predicted molar refractivity (Wildman–Crippen MR) is 87.5 cm³/mol. The van der Waals surface area contributed by atoms with Crippen molar-refractivity contribution in [1.29, 1.82) is 0 Å². The van der Waals surface area contributed by atoms with Gasteiger partial charge in [0.2, 0.25) is 5.88 Å². The zero-order chi connectivity index (χ0) is 16.6. The van der Waals surface area contributed by atoms with Crippen LogP contribution in [0.3, 0.4) is 0 Å². The van der Waals surface area contributed by atoms with Crippen molar-refractivity contribution in [3.05, 3.63) is 54.2 Å². The number of rotatable bonds is 4. The third kappa shape index (κ3) is 2.61. The van der Waals surface area contributed by atoms with Gasteiger partial charge in [-0.2, -0.15) is 0 Å². The van der Waals surface area contributed by atoms with Gasteiger partial charge in [0.05, 0.1) is 13.0 Å². The van der Waals surface area contributed by atoms with Gasteiger partial charge in [0.1, 0.15) is 5.75 Å². The maximum atomic E-state index is 11.0. The van der Waals surface area contributed by atoms with Crippen molar-refractivity contribution >= 4 is 16.7 Å². The number of fused-ring (bicyclic) bond motifs is 1. The Morgan fingerprint density at radius 2 is 1.87 bits per heavy atom. The molecule has 0 fully saturated rings. The zero-order valence-electron chi connectivity index (χ0n) is 12.9. The van der Waals surface area contributed by atoms with Crippen molar-refractivity contribution in [2.75, 3.05) is 7.11 Å². The number of benzene rings is 2. The Bertz CT molecular complexity index is 865. The average Bonchev–Trinajstić information content (AvgIpc) is 2.90. The number of methoxy groups -OCH3 is 1. The van der Waals surface area contributed by atoms with E-state index in [1.807, 2.05) is 18.3 Å². The van der Waals surface area contributed by atoms with Crippen LogP contribution in [0.15, 0.2) is 48.7 Å². The Kier molecular flexibility index (Phi) is 3.70. The Balaban J connectivity index is 2.03. The maximum Gasteiger partial charge on any atom is 0.310 e. The first-order valence-corrected chi connectivity index (χ1v) is 7.22. The van der Waals surface area contributed by atoms with Gasteiger partial charge >= 0.3 is 5.97 Å². The molecule has 3 rings (SSSR count). The van der Waals surface area contributed by atoms with Crippen molar-refractivity contribution < 1.29 is 19.7 Å². The molecule has 0 aliphatic carbocycles. The lowest BCUT2D eigenvalue weighted by atomic mass is 10.0. The number of hydrogen-bond donors (Lipinski definition) is 2. The monoisotopic (exact) mass is 311 g/mol. The summed E-state index contributed by atoms with van der Waals surface area (Å²) in [6.07, 6.45) is 1.83. The highest BCUT2D eigenvalue weighted by Gasteiger charge is 2.14. The molecule has 1 heterocycles. The first kappa shape index (κ1) is 15.0. The van der Waals surface area contributed by atoms with Gasteiger partial charge < -0.3 is 14.9 Å². The maximum absolute atomic E-state index is 11.0. The number of aromatic nitrogens is 1. The molecule has 0 aliphatic rings. The summed E-state index contributed by atoms with van der Waals surface area (Å²) in [5, 5.41) is 21.1. The molecule has 0 radical (unpaired) electrons. The van der Waals surface area contributed by atoms with Crippen LogP contribution in [-0.2, 0) is 4.79 Å². The molecule has 0 aliphatic heterocycles. The molecule has 0 bridgehead atoms. The van der Waals surface area contributed by atoms with Crippen molar-refractivity contribution in [2.24, 2.45) is 0 Å². The fraction of sp³-hybridized carbons (Fsp3) is 0.167. The molecule has 1 aromatic heterocycles. The first-order valence-electron chi connectivity index (χ1n) is 7.22. The number of carboxylic acids is 1. The van der Waals surface area contributed by atoms with Crippen LogP contribution in [0.5, 0.6) is 11.6 Å². The number of ether oxygens (including phenoxy) is 1. The summed E-state index contributed by atoms with van der Waals surface area (Å²) in [4.78, 5) is 11.0. The third-order valence-corrected chi connectivity index (χ3v) is 4.04. The summed E-state index contributed by atoms with van der Waals surface area (Å²) in [5.74, 6) is -0.626. The summed E-state index contributed by atoms with van der Waals surface area (Å²) in [6, 6.07) is 12.6. The second-order valence-electron chi connectivity index (χ2n) is 5.43. The summed E-state index contributed by atoms with van der Waals surface area (Å²) in [7, 11) is 1.58. The van der Waals surface area contributed by atoms with E-state index >= 15 is 0 Å². The lowest BCUT2D eigenvalue weighted by Crippen LogP contribution is -2.07. The van der Waals surface area contributed by atoms with Crippen LogP contribution in [0.2, 0.25) is 0 Å². The molecular weight excluding hydrogens is 294 g/mol. The smallest absolute Gasteiger partial charge is 0.310 e. The topological polar surface area (TPSA) is 71.7 Å². The summed E-state index contributed by atoms with van der Waals surface area (Å²) < 4.78 is 6.85. The Morgan fingerprint density at radius 1 is 1.17 bits per heavy atom. The van der Waals surface area contributed by atoms with E-state index in [2.05, 4.69) is 0 Å². The van der Waals surface area contributed by atoms with E-state index in [9.17, 15) is 9.90 Å². The van der Waals surface area contributed by atoms with Crippen LogP contribution in [0.4, 0.5) is 0 Å². The molecule has 0 saturated carbocycles. The molecule has 0 spiro atoms. The highest BCUT2D eigenvalue weighted by molar-refractivity contribution is 5.90. The minimum absolute atomic E-state index is 0.123. The van der Waals surface area contributed by atoms with Gasteiger partial charge in [-0.05, 0) is 42.8 Å². The number of aromatic hydroxyl groups is 1. The van der Waals surface area contributed by atoms with Gasteiger partial charge in [-0.15, -0.1) is 0 Å². The van der Waals surface area contributed by atoms with Gasteiger partial charge in [0, 0.05) is 22.7 Å². The normalized spacial score (nSPS) is 12.3. The second kappa shape index (κ2) is 5.68. The number of carboxylic acid groups (broad SMARTS) is 1. The summed E-state index contributed by atoms with van der Waals surface area (Å²) in [6.45, 7) is 1.64. The van der Waals surface area contributed by atoms with Crippen LogP contribution in [0, 0.1) is 0 Å². The number of nitrogens with zero attached hydrogens (tertiary/aromatic N) is 1. The zero-order valence-corrected chi connectivity index (χ0v) is 12.9. The van der Waals surface area contributed by atoms with Gasteiger partial charge in [0.15, 0.2) is 0 Å². The number of carbonyl (C=O) groups is 1. The molecule has 3 aromatic rings. The van der Waals surface area contributed by atoms with E-state index in [1.54, 1.807) is 48.9 Å². The molecule has 118 valence electrons. The molecule has 23 heavy (non-hydrogen) atoms. The molecular formula is C18H17NO4. The van der Waals surface area contributed by atoms with E-state index in [-0.39, 0.29) is 5.88 Å². The van der Waals surface area contributed by atoms with Gasteiger partial charge in [0.25, 0.3) is 0 Å². The van der Waals surface area contributed by atoms with Gasteiger partial charge in [-0.3, -0.25) is 9.36 Å². The highest BCUT2D eigenvalue weighted by Crippen LogP contribution is 2.33. The van der Waals surface area contributed by atoms with Crippen molar-refractivity contribution in [3.8, 4) is 17.3 Å². The van der Waals surface area contributed by atoms with Crippen molar-refractivity contribution in [3.63, 3.8) is 0 Å². The Labute approximate surface area is 133 Å². The molecule has 2 N–H and O–H groups in total. The fourth-order valence-corrected chi connectivity index (χ4v) is 2.56. The van der Waals surface area contributed by atoms with E-state index in [4.69, 9.17) is 9.84 Å². The fourth-order valence-electron chi connectivity index (χ4n) is 2.56. The second-order valence-corrected chi connectivity index (χ2v) is 5.43. The Morgan fingerprint density at radius 3 is 2.48 bits per heavy atom. The van der Waals surface area contributed by atoms with E-state index in [0.29, 0.717) is 11.1 Å². The Hall–Kier alpha value is -2.95. The lowest BCUT2D eigenvalue weighted by Gasteiger charge is -2.09. The van der Waals surface area contributed by atoms with Crippen LogP contribution < -0.4 is 4.74 Å². The first-order chi connectivity index (χ1) is 11.0. The average molecular weight is 311 g/mol. The van der Waals surface area contributed by atoms with E-state index in [0.717, 1.165) is 16.6 Å². The quantitative estimate of drug-likeness (QED) is 0.773. The largest absolute Gasteiger partial charge is 0.497 e. The minimum Gasteiger partial charge on any atom is -0.497 e. The lowest BCUT2D eigenvalue weighted by molar-refractivity contribution is -0.138. The van der Waals surface area contributed by atoms with Crippen molar-refractivity contribution in [2.45, 2.75) is 12.8 Å². The third-order valence-electron chi connectivity index (χ3n) is 4.04. The van der Waals surface area contributed by atoms with Crippen LogP contribution in [0.1, 0.15) is 18.4 Å². The summed E-state index contributed by atoms with van der Waals surface area (Å²) in [5.41, 5.74) is 1.48. The molecule has 5 heteroatoms.